The van der Waals surface area contributed by atoms with Gasteiger partial charge in [0, 0.05) is 18.0 Å². The first-order chi connectivity index (χ1) is 12.9. The Balaban J connectivity index is 1.67. The van der Waals surface area contributed by atoms with Gasteiger partial charge in [0.2, 0.25) is 0 Å². The number of aromatic hydroxyl groups is 1. The Bertz CT molecular complexity index is 1010. The lowest BCUT2D eigenvalue weighted by molar-refractivity contribution is 0.0740. The van der Waals surface area contributed by atoms with E-state index in [4.69, 9.17) is 0 Å². The number of carbonyl (C=O) groups excluding carboxylic acids is 1. The molecule has 4 rings (SSSR count). The van der Waals surface area contributed by atoms with Gasteiger partial charge in [0.15, 0.2) is 0 Å². The third-order valence-corrected chi connectivity index (χ3v) is 6.30. The van der Waals surface area contributed by atoms with E-state index in [9.17, 15) is 9.90 Å². The molecule has 1 aromatic heterocycles. The molecule has 0 saturated carbocycles. The van der Waals surface area contributed by atoms with Crippen molar-refractivity contribution in [3.05, 3.63) is 74.5 Å². The molecule has 2 heterocycles. The molecule has 1 aliphatic heterocycles. The van der Waals surface area contributed by atoms with Gasteiger partial charge in [-0.05, 0) is 84.8 Å². The van der Waals surface area contributed by atoms with Crippen LogP contribution in [0.5, 0.6) is 5.75 Å². The number of hydrogen-bond acceptors (Lipinski definition) is 3. The predicted octanol–water partition coefficient (Wildman–Crippen LogP) is 5.24. The quantitative estimate of drug-likeness (QED) is 0.663. The molecule has 1 N–H and O–H groups in total. The standard InChI is InChI=1S/C23H23NO2S/c1-14-11-18(12-15(2)22(14)25)19-6-4-5-17-13-24(10-9-20(17)19)23(26)21-8-7-16(3)27-21/h4-8,11-12,25H,9-10,13H2,1-3H3. The summed E-state index contributed by atoms with van der Waals surface area (Å²) in [7, 11) is 0. The summed E-state index contributed by atoms with van der Waals surface area (Å²) in [5.74, 6) is 0.493. The number of thiophene rings is 1. The summed E-state index contributed by atoms with van der Waals surface area (Å²) in [6.45, 7) is 7.28. The number of nitrogens with zero attached hydrogens (tertiary/aromatic N) is 1. The normalized spacial score (nSPS) is 13.5. The Labute approximate surface area is 163 Å². The van der Waals surface area contributed by atoms with Gasteiger partial charge in [0.25, 0.3) is 5.91 Å². The molecular weight excluding hydrogens is 354 g/mol. The fourth-order valence-electron chi connectivity index (χ4n) is 3.87. The molecule has 0 saturated heterocycles. The minimum Gasteiger partial charge on any atom is -0.507 e. The van der Waals surface area contributed by atoms with Gasteiger partial charge >= 0.3 is 0 Å². The van der Waals surface area contributed by atoms with E-state index in [2.05, 4.69) is 18.2 Å². The van der Waals surface area contributed by atoms with E-state index in [0.29, 0.717) is 12.3 Å². The smallest absolute Gasteiger partial charge is 0.264 e. The van der Waals surface area contributed by atoms with Crippen molar-refractivity contribution < 1.29 is 9.90 Å². The van der Waals surface area contributed by atoms with Crippen molar-refractivity contribution in [3.8, 4) is 16.9 Å². The van der Waals surface area contributed by atoms with Crippen LogP contribution >= 0.6 is 11.3 Å². The Morgan fingerprint density at radius 3 is 2.48 bits per heavy atom. The van der Waals surface area contributed by atoms with Crippen LogP contribution in [-0.2, 0) is 13.0 Å². The zero-order valence-electron chi connectivity index (χ0n) is 15.9. The van der Waals surface area contributed by atoms with Gasteiger partial charge in [-0.1, -0.05) is 18.2 Å². The van der Waals surface area contributed by atoms with Crippen molar-refractivity contribution in [1.82, 2.24) is 4.90 Å². The summed E-state index contributed by atoms with van der Waals surface area (Å²) in [6, 6.07) is 14.4. The summed E-state index contributed by atoms with van der Waals surface area (Å²) in [4.78, 5) is 16.7. The summed E-state index contributed by atoms with van der Waals surface area (Å²) in [5, 5.41) is 10.1. The van der Waals surface area contributed by atoms with Crippen molar-refractivity contribution >= 4 is 17.2 Å². The van der Waals surface area contributed by atoms with E-state index in [1.807, 2.05) is 49.9 Å². The van der Waals surface area contributed by atoms with E-state index < -0.39 is 0 Å². The Morgan fingerprint density at radius 1 is 1.07 bits per heavy atom. The summed E-state index contributed by atoms with van der Waals surface area (Å²) in [6.07, 6.45) is 0.848. The zero-order chi connectivity index (χ0) is 19.1. The molecule has 27 heavy (non-hydrogen) atoms. The number of carbonyl (C=O) groups is 1. The van der Waals surface area contributed by atoms with Crippen LogP contribution < -0.4 is 0 Å². The molecule has 2 aromatic carbocycles. The molecule has 138 valence electrons. The lowest BCUT2D eigenvalue weighted by atomic mass is 9.89. The van der Waals surface area contributed by atoms with Gasteiger partial charge in [-0.3, -0.25) is 4.79 Å². The fraction of sp³-hybridized carbons (Fsp3) is 0.261. The lowest BCUT2D eigenvalue weighted by Crippen LogP contribution is -2.35. The van der Waals surface area contributed by atoms with Crippen LogP contribution in [0.25, 0.3) is 11.1 Å². The average Bonchev–Trinajstić information content (AvgIpc) is 3.10. The number of fused-ring (bicyclic) bond motifs is 1. The van der Waals surface area contributed by atoms with Crippen molar-refractivity contribution in [2.45, 2.75) is 33.7 Å². The topological polar surface area (TPSA) is 40.5 Å². The third-order valence-electron chi connectivity index (χ3n) is 5.31. The highest BCUT2D eigenvalue weighted by atomic mass is 32.1. The van der Waals surface area contributed by atoms with Gasteiger partial charge in [0.05, 0.1) is 4.88 Å². The van der Waals surface area contributed by atoms with Crippen molar-refractivity contribution in [2.75, 3.05) is 6.54 Å². The van der Waals surface area contributed by atoms with Crippen molar-refractivity contribution in [3.63, 3.8) is 0 Å². The predicted molar refractivity (Wildman–Crippen MR) is 111 cm³/mol. The van der Waals surface area contributed by atoms with Crippen LogP contribution in [0, 0.1) is 20.8 Å². The molecule has 0 bridgehead atoms. The number of benzene rings is 2. The first kappa shape index (κ1) is 17.8. The molecule has 0 radical (unpaired) electrons. The first-order valence-corrected chi connectivity index (χ1v) is 10.0. The number of phenols is 1. The van der Waals surface area contributed by atoms with E-state index in [1.54, 1.807) is 11.3 Å². The van der Waals surface area contributed by atoms with Crippen LogP contribution in [0.3, 0.4) is 0 Å². The van der Waals surface area contributed by atoms with Gasteiger partial charge in [-0.15, -0.1) is 11.3 Å². The lowest BCUT2D eigenvalue weighted by Gasteiger charge is -2.30. The monoisotopic (exact) mass is 377 g/mol. The zero-order valence-corrected chi connectivity index (χ0v) is 16.7. The van der Waals surface area contributed by atoms with Gasteiger partial charge in [-0.2, -0.15) is 0 Å². The number of phenolic OH excluding ortho intramolecular Hbond substituents is 1. The Kier molecular flexibility index (Phi) is 4.52. The van der Waals surface area contributed by atoms with E-state index in [-0.39, 0.29) is 5.91 Å². The molecule has 0 atom stereocenters. The summed E-state index contributed by atoms with van der Waals surface area (Å²) < 4.78 is 0. The molecule has 3 aromatic rings. The third kappa shape index (κ3) is 3.26. The second-order valence-corrected chi connectivity index (χ2v) is 8.58. The second-order valence-electron chi connectivity index (χ2n) is 7.29. The molecule has 0 aliphatic carbocycles. The first-order valence-electron chi connectivity index (χ1n) is 9.21. The fourth-order valence-corrected chi connectivity index (χ4v) is 4.71. The molecule has 4 heteroatoms. The highest BCUT2D eigenvalue weighted by Gasteiger charge is 2.24. The highest BCUT2D eigenvalue weighted by molar-refractivity contribution is 7.13. The summed E-state index contributed by atoms with van der Waals surface area (Å²) in [5.41, 5.74) is 6.65. The van der Waals surface area contributed by atoms with Gasteiger partial charge in [-0.25, -0.2) is 0 Å². The van der Waals surface area contributed by atoms with Crippen LogP contribution in [0.1, 0.15) is 36.8 Å². The number of amides is 1. The minimum atomic E-state index is 0.125. The summed E-state index contributed by atoms with van der Waals surface area (Å²) >= 11 is 1.56. The maximum absolute atomic E-state index is 12.8. The molecule has 0 fully saturated rings. The van der Waals surface area contributed by atoms with Crippen LogP contribution in [0.2, 0.25) is 0 Å². The number of aryl methyl sites for hydroxylation is 3. The maximum Gasteiger partial charge on any atom is 0.264 e. The largest absolute Gasteiger partial charge is 0.507 e. The van der Waals surface area contributed by atoms with Crippen molar-refractivity contribution in [2.24, 2.45) is 0 Å². The number of rotatable bonds is 2. The minimum absolute atomic E-state index is 0.125. The van der Waals surface area contributed by atoms with Crippen LogP contribution in [0.15, 0.2) is 42.5 Å². The molecule has 1 aliphatic rings. The molecular formula is C23H23NO2S. The maximum atomic E-state index is 12.8. The van der Waals surface area contributed by atoms with Gasteiger partial charge in [0.1, 0.15) is 5.75 Å². The number of hydrogen-bond donors (Lipinski definition) is 1. The molecule has 0 unspecified atom stereocenters. The van der Waals surface area contributed by atoms with Crippen LogP contribution in [-0.4, -0.2) is 22.5 Å². The molecule has 0 spiro atoms. The van der Waals surface area contributed by atoms with Gasteiger partial charge < -0.3 is 10.0 Å². The van der Waals surface area contributed by atoms with Crippen LogP contribution in [0.4, 0.5) is 0 Å². The Morgan fingerprint density at radius 2 is 1.81 bits per heavy atom. The molecule has 1 amide bonds. The van der Waals surface area contributed by atoms with E-state index in [0.717, 1.165) is 39.4 Å². The highest BCUT2D eigenvalue weighted by Crippen LogP contribution is 2.34. The molecule has 3 nitrogen and oxygen atoms in total. The average molecular weight is 378 g/mol. The Hall–Kier alpha value is -2.59. The van der Waals surface area contributed by atoms with E-state index in [1.165, 1.54) is 16.7 Å². The van der Waals surface area contributed by atoms with E-state index >= 15 is 0 Å². The van der Waals surface area contributed by atoms with Crippen molar-refractivity contribution in [1.29, 1.82) is 0 Å². The SMILES string of the molecule is Cc1ccc(C(=O)N2CCc3c(cccc3-c3cc(C)c(O)c(C)c3)C2)s1. The second kappa shape index (κ2) is 6.86.